The second-order valence-electron chi connectivity index (χ2n) is 7.15. The zero-order valence-corrected chi connectivity index (χ0v) is 14.6. The van der Waals surface area contributed by atoms with Crippen molar-refractivity contribution in [1.29, 1.82) is 0 Å². The maximum absolute atomic E-state index is 9.93. The third-order valence-corrected chi connectivity index (χ3v) is 5.69. The van der Waals surface area contributed by atoms with Crippen LogP contribution < -0.4 is 0 Å². The molecule has 0 bridgehead atoms. The molecule has 6 aromatic rings. The Morgan fingerprint density at radius 1 is 0.407 bits per heavy atom. The van der Waals surface area contributed by atoms with Crippen LogP contribution in [-0.4, -0.2) is 5.11 Å². The Morgan fingerprint density at radius 3 is 1.81 bits per heavy atom. The number of hydrogen-bond donors (Lipinski definition) is 1. The fourth-order valence-electron chi connectivity index (χ4n) is 4.54. The van der Waals surface area contributed by atoms with E-state index in [-0.39, 0.29) is 0 Å². The molecular formula is C26H16O. The van der Waals surface area contributed by atoms with E-state index in [0.717, 1.165) is 5.39 Å². The number of rotatable bonds is 0. The van der Waals surface area contributed by atoms with E-state index in [1.807, 2.05) is 12.1 Å². The van der Waals surface area contributed by atoms with Crippen molar-refractivity contribution in [3.63, 3.8) is 0 Å². The molecule has 1 heteroatoms. The Labute approximate surface area is 156 Å². The number of benzene rings is 6. The Balaban J connectivity index is 2.03. The molecule has 0 saturated heterocycles. The third-order valence-electron chi connectivity index (χ3n) is 5.69. The molecule has 0 aromatic heterocycles. The average Bonchev–Trinajstić information content (AvgIpc) is 2.72. The first-order chi connectivity index (χ1) is 13.3. The molecule has 6 aromatic carbocycles. The molecule has 0 aliphatic heterocycles. The first-order valence-corrected chi connectivity index (χ1v) is 9.19. The van der Waals surface area contributed by atoms with Crippen LogP contribution in [-0.2, 0) is 0 Å². The molecule has 0 saturated carbocycles. The van der Waals surface area contributed by atoms with Gasteiger partial charge in [-0.25, -0.2) is 0 Å². The summed E-state index contributed by atoms with van der Waals surface area (Å²) in [5.41, 5.74) is 0. The Kier molecular flexibility index (Phi) is 2.81. The highest BCUT2D eigenvalue weighted by Gasteiger charge is 2.13. The fourth-order valence-corrected chi connectivity index (χ4v) is 4.54. The maximum Gasteiger partial charge on any atom is 0.116 e. The molecule has 0 spiro atoms. The Bertz CT molecular complexity index is 1530. The average molecular weight is 344 g/mol. The van der Waals surface area contributed by atoms with E-state index in [2.05, 4.69) is 72.8 Å². The molecule has 0 heterocycles. The van der Waals surface area contributed by atoms with Crippen molar-refractivity contribution in [3.05, 3.63) is 91.0 Å². The van der Waals surface area contributed by atoms with Crippen LogP contribution in [0, 0.1) is 0 Å². The monoisotopic (exact) mass is 344 g/mol. The van der Waals surface area contributed by atoms with Crippen molar-refractivity contribution in [2.45, 2.75) is 0 Å². The van der Waals surface area contributed by atoms with Gasteiger partial charge in [-0.3, -0.25) is 0 Å². The summed E-state index contributed by atoms with van der Waals surface area (Å²) in [6.07, 6.45) is 0. The van der Waals surface area contributed by atoms with Crippen molar-refractivity contribution >= 4 is 53.9 Å². The molecule has 0 unspecified atom stereocenters. The molecule has 0 aliphatic carbocycles. The first kappa shape index (κ1) is 14.6. The molecule has 1 nitrogen and oxygen atoms in total. The zero-order valence-electron chi connectivity index (χ0n) is 14.6. The maximum atomic E-state index is 9.93. The van der Waals surface area contributed by atoms with Crippen molar-refractivity contribution in [2.24, 2.45) is 0 Å². The third kappa shape index (κ3) is 1.94. The van der Waals surface area contributed by atoms with E-state index in [1.165, 1.54) is 48.5 Å². The largest absolute Gasteiger partial charge is 0.508 e. The SMILES string of the molecule is Oc1ccc2c(ccc3c4c5ccccc5ccc4c4ccccc4c23)c1. The van der Waals surface area contributed by atoms with Gasteiger partial charge in [0, 0.05) is 0 Å². The minimum Gasteiger partial charge on any atom is -0.508 e. The standard InChI is InChI=1S/C26H16O/c27-18-11-14-20-17(15-18)10-13-24-25-19-6-2-1-5-16(19)9-12-23(25)21-7-3-4-8-22(21)26(20)24/h1-15,27H. The van der Waals surface area contributed by atoms with Crippen molar-refractivity contribution in [1.82, 2.24) is 0 Å². The van der Waals surface area contributed by atoms with Gasteiger partial charge in [-0.15, -0.1) is 0 Å². The van der Waals surface area contributed by atoms with Crippen LogP contribution in [0.25, 0.3) is 53.9 Å². The molecule has 0 amide bonds. The van der Waals surface area contributed by atoms with Gasteiger partial charge in [-0.2, -0.15) is 0 Å². The minimum absolute atomic E-state index is 0.303. The van der Waals surface area contributed by atoms with Crippen molar-refractivity contribution in [2.75, 3.05) is 0 Å². The smallest absolute Gasteiger partial charge is 0.116 e. The molecule has 0 aliphatic rings. The lowest BCUT2D eigenvalue weighted by atomic mass is 9.89. The summed E-state index contributed by atoms with van der Waals surface area (Å²) in [7, 11) is 0. The number of aromatic hydroxyl groups is 1. The fraction of sp³-hybridized carbons (Fsp3) is 0. The van der Waals surface area contributed by atoms with Crippen LogP contribution in [0.1, 0.15) is 0 Å². The number of phenolic OH excluding ortho intramolecular Hbond substituents is 1. The van der Waals surface area contributed by atoms with E-state index in [4.69, 9.17) is 0 Å². The Hall–Kier alpha value is -3.58. The lowest BCUT2D eigenvalue weighted by Gasteiger charge is -2.14. The van der Waals surface area contributed by atoms with Gasteiger partial charge in [0.2, 0.25) is 0 Å². The summed E-state index contributed by atoms with van der Waals surface area (Å²) in [5, 5.41) is 22.3. The summed E-state index contributed by atoms with van der Waals surface area (Å²) in [6.45, 7) is 0. The predicted molar refractivity (Wildman–Crippen MR) is 116 cm³/mol. The van der Waals surface area contributed by atoms with Gasteiger partial charge in [0.05, 0.1) is 0 Å². The molecular weight excluding hydrogens is 328 g/mol. The van der Waals surface area contributed by atoms with E-state index in [1.54, 1.807) is 6.07 Å². The van der Waals surface area contributed by atoms with Crippen molar-refractivity contribution in [3.8, 4) is 5.75 Å². The normalized spacial score (nSPS) is 11.9. The number of phenols is 1. The minimum atomic E-state index is 0.303. The van der Waals surface area contributed by atoms with Gasteiger partial charge in [-0.1, -0.05) is 78.9 Å². The second-order valence-corrected chi connectivity index (χ2v) is 7.15. The first-order valence-electron chi connectivity index (χ1n) is 9.19. The zero-order chi connectivity index (χ0) is 18.0. The van der Waals surface area contributed by atoms with E-state index >= 15 is 0 Å². The van der Waals surface area contributed by atoms with Crippen LogP contribution in [0.2, 0.25) is 0 Å². The molecule has 1 N–H and O–H groups in total. The lowest BCUT2D eigenvalue weighted by molar-refractivity contribution is 0.476. The molecule has 27 heavy (non-hydrogen) atoms. The van der Waals surface area contributed by atoms with Crippen LogP contribution in [0.4, 0.5) is 0 Å². The molecule has 0 fully saturated rings. The topological polar surface area (TPSA) is 20.2 Å². The van der Waals surface area contributed by atoms with Crippen LogP contribution in [0.3, 0.4) is 0 Å². The van der Waals surface area contributed by atoms with Gasteiger partial charge >= 0.3 is 0 Å². The van der Waals surface area contributed by atoms with Crippen LogP contribution in [0.15, 0.2) is 91.0 Å². The number of fused-ring (bicyclic) bond motifs is 10. The van der Waals surface area contributed by atoms with E-state index in [9.17, 15) is 5.11 Å². The lowest BCUT2D eigenvalue weighted by Crippen LogP contribution is -1.86. The molecule has 0 atom stereocenters. The highest BCUT2D eigenvalue weighted by Crippen LogP contribution is 2.41. The van der Waals surface area contributed by atoms with Gasteiger partial charge in [0.25, 0.3) is 0 Å². The highest BCUT2D eigenvalue weighted by molar-refractivity contribution is 6.35. The summed E-state index contributed by atoms with van der Waals surface area (Å²) in [4.78, 5) is 0. The summed E-state index contributed by atoms with van der Waals surface area (Å²) >= 11 is 0. The van der Waals surface area contributed by atoms with Gasteiger partial charge in [0.1, 0.15) is 5.75 Å². The summed E-state index contributed by atoms with van der Waals surface area (Å²) < 4.78 is 0. The highest BCUT2D eigenvalue weighted by atomic mass is 16.3. The van der Waals surface area contributed by atoms with E-state index in [0.29, 0.717) is 5.75 Å². The van der Waals surface area contributed by atoms with Gasteiger partial charge < -0.3 is 5.11 Å². The van der Waals surface area contributed by atoms with Gasteiger partial charge in [-0.05, 0) is 66.0 Å². The van der Waals surface area contributed by atoms with Crippen LogP contribution >= 0.6 is 0 Å². The predicted octanol–water partition coefficient (Wildman–Crippen LogP) is 7.16. The van der Waals surface area contributed by atoms with Crippen molar-refractivity contribution < 1.29 is 5.11 Å². The summed E-state index contributed by atoms with van der Waals surface area (Å²) in [5.74, 6) is 0.303. The molecule has 6 rings (SSSR count). The Morgan fingerprint density at radius 2 is 0.963 bits per heavy atom. The van der Waals surface area contributed by atoms with Gasteiger partial charge in [0.15, 0.2) is 0 Å². The molecule has 0 radical (unpaired) electrons. The quantitative estimate of drug-likeness (QED) is 0.290. The summed E-state index contributed by atoms with van der Waals surface area (Å²) in [6, 6.07) is 31.7. The molecule has 126 valence electrons. The van der Waals surface area contributed by atoms with Crippen LogP contribution in [0.5, 0.6) is 5.75 Å². The van der Waals surface area contributed by atoms with E-state index < -0.39 is 0 Å². The number of hydrogen-bond acceptors (Lipinski definition) is 1. The second kappa shape index (κ2) is 5.21.